The third kappa shape index (κ3) is 2.42. The summed E-state index contributed by atoms with van der Waals surface area (Å²) in [5.74, 6) is 0.552. The molecule has 1 aromatic heterocycles. The fourth-order valence-electron chi connectivity index (χ4n) is 1.72. The summed E-state index contributed by atoms with van der Waals surface area (Å²) in [6.45, 7) is 4.04. The molecular weight excluding hydrogens is 226 g/mol. The second kappa shape index (κ2) is 5.04. The highest BCUT2D eigenvalue weighted by atomic mass is 16.5. The highest BCUT2D eigenvalue weighted by Gasteiger charge is 2.10. The first-order chi connectivity index (χ1) is 8.61. The van der Waals surface area contributed by atoms with Crippen LogP contribution in [0.15, 0.2) is 30.3 Å². The first kappa shape index (κ1) is 12.4. The maximum atomic E-state index is 7.64. The molecule has 0 amide bonds. The highest BCUT2D eigenvalue weighted by molar-refractivity contribution is 6.06. The summed E-state index contributed by atoms with van der Waals surface area (Å²) in [7, 11) is 0. The molecule has 94 valence electrons. The van der Waals surface area contributed by atoms with Crippen molar-refractivity contribution in [3.8, 4) is 5.88 Å². The van der Waals surface area contributed by atoms with Crippen molar-refractivity contribution in [3.63, 3.8) is 0 Å². The van der Waals surface area contributed by atoms with E-state index in [1.807, 2.05) is 31.2 Å². The van der Waals surface area contributed by atoms with Crippen LogP contribution in [-0.4, -0.2) is 16.9 Å². The zero-order valence-electron chi connectivity index (χ0n) is 10.6. The van der Waals surface area contributed by atoms with Gasteiger partial charge < -0.3 is 10.5 Å². The second-order valence-corrected chi connectivity index (χ2v) is 4.28. The van der Waals surface area contributed by atoms with Crippen LogP contribution in [0.3, 0.4) is 0 Å². The molecule has 1 atom stereocenters. The van der Waals surface area contributed by atoms with Gasteiger partial charge in [-0.3, -0.25) is 5.41 Å². The number of aromatic nitrogens is 1. The van der Waals surface area contributed by atoms with Gasteiger partial charge in [-0.15, -0.1) is 0 Å². The van der Waals surface area contributed by atoms with Crippen molar-refractivity contribution in [1.29, 1.82) is 5.41 Å². The average molecular weight is 243 g/mol. The molecule has 1 unspecified atom stereocenters. The smallest absolute Gasteiger partial charge is 0.214 e. The predicted molar refractivity (Wildman–Crippen MR) is 73.1 cm³/mol. The Morgan fingerprint density at radius 1 is 1.44 bits per heavy atom. The van der Waals surface area contributed by atoms with Crippen molar-refractivity contribution < 1.29 is 4.74 Å². The monoisotopic (exact) mass is 243 g/mol. The molecule has 2 aromatic rings. The number of nitrogen functional groups attached to an aromatic ring is 1. The van der Waals surface area contributed by atoms with Gasteiger partial charge in [0.05, 0.1) is 11.6 Å². The molecule has 18 heavy (non-hydrogen) atoms. The zero-order valence-corrected chi connectivity index (χ0v) is 10.6. The van der Waals surface area contributed by atoms with Gasteiger partial charge in [-0.25, -0.2) is 4.98 Å². The van der Waals surface area contributed by atoms with Crippen LogP contribution in [0.1, 0.15) is 25.8 Å². The third-order valence-electron chi connectivity index (χ3n) is 2.88. The predicted octanol–water partition coefficient (Wildman–Crippen LogP) is 2.70. The first-order valence-electron chi connectivity index (χ1n) is 6.02. The largest absolute Gasteiger partial charge is 0.475 e. The Labute approximate surface area is 106 Å². The number of ether oxygens (including phenoxy) is 1. The molecule has 4 heteroatoms. The summed E-state index contributed by atoms with van der Waals surface area (Å²) in [6.07, 6.45) is 1.00. The molecule has 3 N–H and O–H groups in total. The van der Waals surface area contributed by atoms with Crippen LogP contribution in [-0.2, 0) is 0 Å². The molecule has 0 saturated carbocycles. The van der Waals surface area contributed by atoms with Gasteiger partial charge in [0.25, 0.3) is 0 Å². The summed E-state index contributed by atoms with van der Waals surface area (Å²) in [4.78, 5) is 4.43. The van der Waals surface area contributed by atoms with Gasteiger partial charge >= 0.3 is 0 Å². The maximum Gasteiger partial charge on any atom is 0.214 e. The third-order valence-corrected chi connectivity index (χ3v) is 2.88. The highest BCUT2D eigenvalue weighted by Crippen LogP contribution is 2.22. The van der Waals surface area contributed by atoms with E-state index in [9.17, 15) is 0 Å². The van der Waals surface area contributed by atoms with Crippen LogP contribution in [0, 0.1) is 5.41 Å². The van der Waals surface area contributed by atoms with E-state index >= 15 is 0 Å². The van der Waals surface area contributed by atoms with Gasteiger partial charge in [0, 0.05) is 17.0 Å². The van der Waals surface area contributed by atoms with E-state index in [2.05, 4.69) is 11.9 Å². The number of nitrogens with one attached hydrogen (secondary N) is 1. The summed E-state index contributed by atoms with van der Waals surface area (Å²) in [6, 6.07) is 9.35. The van der Waals surface area contributed by atoms with Crippen LogP contribution in [0.2, 0.25) is 0 Å². The van der Waals surface area contributed by atoms with E-state index in [0.717, 1.165) is 17.3 Å². The fourth-order valence-corrected chi connectivity index (χ4v) is 1.72. The van der Waals surface area contributed by atoms with Crippen molar-refractivity contribution >= 4 is 16.7 Å². The van der Waals surface area contributed by atoms with E-state index in [4.69, 9.17) is 15.9 Å². The van der Waals surface area contributed by atoms with Crippen LogP contribution in [0.5, 0.6) is 5.88 Å². The fraction of sp³-hybridized carbons (Fsp3) is 0.286. The zero-order chi connectivity index (χ0) is 13.1. The molecule has 0 saturated heterocycles. The normalized spacial score (nSPS) is 12.3. The van der Waals surface area contributed by atoms with Gasteiger partial charge in [-0.1, -0.05) is 25.1 Å². The molecule has 0 bridgehead atoms. The lowest BCUT2D eigenvalue weighted by Crippen LogP contribution is -2.15. The van der Waals surface area contributed by atoms with Gasteiger partial charge in [0.15, 0.2) is 0 Å². The van der Waals surface area contributed by atoms with Crippen LogP contribution in [0.25, 0.3) is 10.9 Å². The Morgan fingerprint density at radius 2 is 2.17 bits per heavy atom. The Morgan fingerprint density at radius 3 is 2.83 bits per heavy atom. The van der Waals surface area contributed by atoms with E-state index < -0.39 is 0 Å². The Kier molecular flexibility index (Phi) is 3.46. The number of hydrogen-bond acceptors (Lipinski definition) is 3. The summed E-state index contributed by atoms with van der Waals surface area (Å²) >= 11 is 0. The number of pyridine rings is 1. The van der Waals surface area contributed by atoms with Gasteiger partial charge in [0.1, 0.15) is 5.84 Å². The lowest BCUT2D eigenvalue weighted by Gasteiger charge is -2.13. The Hall–Kier alpha value is -2.10. The van der Waals surface area contributed by atoms with Crippen molar-refractivity contribution in [2.24, 2.45) is 5.73 Å². The molecule has 4 nitrogen and oxygen atoms in total. The van der Waals surface area contributed by atoms with Crippen molar-refractivity contribution in [2.75, 3.05) is 0 Å². The molecular formula is C14H17N3O. The molecule has 0 radical (unpaired) electrons. The lowest BCUT2D eigenvalue weighted by atomic mass is 10.1. The number of para-hydroxylation sites is 1. The molecule has 1 aromatic carbocycles. The molecule has 2 rings (SSSR count). The summed E-state index contributed by atoms with van der Waals surface area (Å²) in [5.41, 5.74) is 7.07. The molecule has 1 heterocycles. The van der Waals surface area contributed by atoms with E-state index in [1.165, 1.54) is 0 Å². The van der Waals surface area contributed by atoms with Gasteiger partial charge in [-0.2, -0.15) is 0 Å². The van der Waals surface area contributed by atoms with Crippen LogP contribution >= 0.6 is 0 Å². The molecule has 0 aliphatic heterocycles. The number of hydrogen-bond donors (Lipinski definition) is 2. The van der Waals surface area contributed by atoms with E-state index in [0.29, 0.717) is 11.4 Å². The molecule has 0 aliphatic rings. The first-order valence-corrected chi connectivity index (χ1v) is 6.02. The number of nitrogens with zero attached hydrogens (tertiary/aromatic N) is 1. The Bertz CT molecular complexity index is 580. The second-order valence-electron chi connectivity index (χ2n) is 4.28. The van der Waals surface area contributed by atoms with Crippen molar-refractivity contribution in [1.82, 2.24) is 4.98 Å². The minimum atomic E-state index is 0.0302. The number of amidine groups is 1. The maximum absolute atomic E-state index is 7.64. The number of rotatable bonds is 4. The van der Waals surface area contributed by atoms with E-state index in [1.54, 1.807) is 6.07 Å². The average Bonchev–Trinajstić information content (AvgIpc) is 2.37. The minimum Gasteiger partial charge on any atom is -0.475 e. The van der Waals surface area contributed by atoms with Gasteiger partial charge in [-0.05, 0) is 19.4 Å². The summed E-state index contributed by atoms with van der Waals surface area (Å²) in [5, 5.41) is 8.51. The van der Waals surface area contributed by atoms with Gasteiger partial charge in [0.2, 0.25) is 5.88 Å². The van der Waals surface area contributed by atoms with Crippen molar-refractivity contribution in [3.05, 3.63) is 35.9 Å². The standard InChI is InChI=1S/C14H17N3O/c1-3-9(2)18-13-8-11(14(15)16)10-6-4-5-7-12(10)17-13/h4-9H,3H2,1-2H3,(H3,15,16). The molecule has 0 fully saturated rings. The summed E-state index contributed by atoms with van der Waals surface area (Å²) < 4.78 is 5.70. The van der Waals surface area contributed by atoms with Crippen LogP contribution in [0.4, 0.5) is 0 Å². The Balaban J connectivity index is 2.54. The van der Waals surface area contributed by atoms with Crippen molar-refractivity contribution in [2.45, 2.75) is 26.4 Å². The molecule has 0 spiro atoms. The number of fused-ring (bicyclic) bond motifs is 1. The number of benzene rings is 1. The topological polar surface area (TPSA) is 72.0 Å². The van der Waals surface area contributed by atoms with E-state index in [-0.39, 0.29) is 11.9 Å². The molecule has 0 aliphatic carbocycles. The lowest BCUT2D eigenvalue weighted by molar-refractivity contribution is 0.209. The van der Waals surface area contributed by atoms with Crippen LogP contribution < -0.4 is 10.5 Å². The minimum absolute atomic E-state index is 0.0302. The number of nitrogens with two attached hydrogens (primary N) is 1. The quantitative estimate of drug-likeness (QED) is 0.640. The SMILES string of the molecule is CCC(C)Oc1cc(C(=N)N)c2ccccc2n1.